The molecule has 1 atom stereocenters. The van der Waals surface area contributed by atoms with Gasteiger partial charge in [0.15, 0.2) is 17.5 Å². The molecule has 32 heavy (non-hydrogen) atoms. The van der Waals surface area contributed by atoms with Crippen LogP contribution in [0.4, 0.5) is 0 Å². The number of hydrogen-bond acceptors (Lipinski definition) is 5. The highest BCUT2D eigenvalue weighted by molar-refractivity contribution is 5.79. The molecule has 174 valence electrons. The molecule has 2 aromatic carbocycles. The maximum atomic E-state index is 5.56. The minimum atomic E-state index is 0.267. The van der Waals surface area contributed by atoms with Gasteiger partial charge in [-0.1, -0.05) is 35.9 Å². The van der Waals surface area contributed by atoms with Crippen LogP contribution >= 0.6 is 0 Å². The van der Waals surface area contributed by atoms with Gasteiger partial charge >= 0.3 is 0 Å². The molecule has 2 N–H and O–H groups in total. The standard InChI is InChI=1S/C25H36N4O3/c1-19-5-8-21(9-6-19)22(29-13-15-32-16-14-29)18-28-25(26-2)27-12-11-20-7-10-23(30-3)24(17-20)31-4/h5-10,17,22H,11-16,18H2,1-4H3,(H2,26,27,28). The Hall–Kier alpha value is -2.77. The lowest BCUT2D eigenvalue weighted by Gasteiger charge is -2.35. The van der Waals surface area contributed by atoms with Crippen molar-refractivity contribution in [1.82, 2.24) is 15.5 Å². The molecule has 0 saturated carbocycles. The first-order valence-electron chi connectivity index (χ1n) is 11.2. The molecule has 0 bridgehead atoms. The van der Waals surface area contributed by atoms with Crippen molar-refractivity contribution in [2.45, 2.75) is 19.4 Å². The SMILES string of the molecule is CN=C(NCCc1ccc(OC)c(OC)c1)NCC(c1ccc(C)cc1)N1CCOCC1. The summed E-state index contributed by atoms with van der Waals surface area (Å²) in [5.41, 5.74) is 3.76. The second-order valence-electron chi connectivity index (χ2n) is 7.89. The van der Waals surface area contributed by atoms with E-state index in [0.717, 1.165) is 63.3 Å². The van der Waals surface area contributed by atoms with E-state index in [0.29, 0.717) is 0 Å². The number of methoxy groups -OCH3 is 2. The third-order valence-electron chi connectivity index (χ3n) is 5.79. The van der Waals surface area contributed by atoms with Crippen molar-refractivity contribution in [3.63, 3.8) is 0 Å². The van der Waals surface area contributed by atoms with Gasteiger partial charge in [-0.05, 0) is 36.6 Å². The van der Waals surface area contributed by atoms with Gasteiger partial charge in [0, 0.05) is 33.2 Å². The summed E-state index contributed by atoms with van der Waals surface area (Å²) in [6, 6.07) is 15.1. The largest absolute Gasteiger partial charge is 0.493 e. The van der Waals surface area contributed by atoms with Gasteiger partial charge < -0.3 is 24.8 Å². The van der Waals surface area contributed by atoms with Crippen molar-refractivity contribution in [2.24, 2.45) is 4.99 Å². The molecule has 7 heteroatoms. The van der Waals surface area contributed by atoms with E-state index in [1.54, 1.807) is 21.3 Å². The number of ether oxygens (including phenoxy) is 3. The van der Waals surface area contributed by atoms with Gasteiger partial charge in [0.1, 0.15) is 0 Å². The Labute approximate surface area is 191 Å². The third-order valence-corrected chi connectivity index (χ3v) is 5.79. The number of nitrogens with one attached hydrogen (secondary N) is 2. The molecule has 0 aromatic heterocycles. The van der Waals surface area contributed by atoms with E-state index >= 15 is 0 Å². The fourth-order valence-electron chi connectivity index (χ4n) is 3.91. The molecule has 2 aromatic rings. The summed E-state index contributed by atoms with van der Waals surface area (Å²) in [5.74, 6) is 2.29. The van der Waals surface area contributed by atoms with Crippen molar-refractivity contribution in [3.05, 3.63) is 59.2 Å². The summed E-state index contributed by atoms with van der Waals surface area (Å²) in [5, 5.41) is 6.95. The Kier molecular flexibility index (Phi) is 9.19. The van der Waals surface area contributed by atoms with Crippen LogP contribution in [0.25, 0.3) is 0 Å². The summed E-state index contributed by atoms with van der Waals surface area (Å²) in [6.45, 7) is 7.09. The molecule has 0 aliphatic carbocycles. The minimum Gasteiger partial charge on any atom is -0.493 e. The molecular formula is C25H36N4O3. The Balaban J connectivity index is 1.56. The molecule has 0 amide bonds. The zero-order valence-electron chi connectivity index (χ0n) is 19.7. The van der Waals surface area contributed by atoms with Crippen LogP contribution in [0, 0.1) is 6.92 Å². The molecule has 7 nitrogen and oxygen atoms in total. The van der Waals surface area contributed by atoms with Crippen molar-refractivity contribution in [2.75, 3.05) is 60.7 Å². The Morgan fingerprint density at radius 3 is 2.41 bits per heavy atom. The number of aryl methyl sites for hydroxylation is 1. The normalized spacial score (nSPS) is 15.8. The summed E-state index contributed by atoms with van der Waals surface area (Å²) < 4.78 is 16.3. The predicted octanol–water partition coefficient (Wildman–Crippen LogP) is 2.79. The average Bonchev–Trinajstić information content (AvgIpc) is 2.84. The van der Waals surface area contributed by atoms with Crippen molar-refractivity contribution in [3.8, 4) is 11.5 Å². The maximum Gasteiger partial charge on any atom is 0.191 e. The smallest absolute Gasteiger partial charge is 0.191 e. The van der Waals surface area contributed by atoms with Gasteiger partial charge in [0.05, 0.1) is 33.5 Å². The van der Waals surface area contributed by atoms with Crippen molar-refractivity contribution < 1.29 is 14.2 Å². The molecule has 1 fully saturated rings. The van der Waals surface area contributed by atoms with Crippen LogP contribution in [0.3, 0.4) is 0 Å². The minimum absolute atomic E-state index is 0.267. The Morgan fingerprint density at radius 2 is 1.75 bits per heavy atom. The van der Waals surface area contributed by atoms with Gasteiger partial charge in [-0.3, -0.25) is 9.89 Å². The fourth-order valence-corrected chi connectivity index (χ4v) is 3.91. The molecule has 1 saturated heterocycles. The van der Waals surface area contributed by atoms with Gasteiger partial charge in [0.2, 0.25) is 0 Å². The van der Waals surface area contributed by atoms with Gasteiger partial charge in [-0.15, -0.1) is 0 Å². The van der Waals surface area contributed by atoms with Crippen LogP contribution < -0.4 is 20.1 Å². The zero-order chi connectivity index (χ0) is 22.8. The highest BCUT2D eigenvalue weighted by atomic mass is 16.5. The van der Waals surface area contributed by atoms with Crippen LogP contribution in [0.2, 0.25) is 0 Å². The second kappa shape index (κ2) is 12.3. The number of guanidine groups is 1. The Bertz CT molecular complexity index is 864. The van der Waals surface area contributed by atoms with E-state index in [1.165, 1.54) is 16.7 Å². The van der Waals surface area contributed by atoms with E-state index in [-0.39, 0.29) is 6.04 Å². The second-order valence-corrected chi connectivity index (χ2v) is 7.89. The summed E-state index contributed by atoms with van der Waals surface area (Å²) in [4.78, 5) is 6.90. The first-order chi connectivity index (χ1) is 15.6. The fraction of sp³-hybridized carbons (Fsp3) is 0.480. The number of morpholine rings is 1. The predicted molar refractivity (Wildman–Crippen MR) is 129 cm³/mol. The lowest BCUT2D eigenvalue weighted by Crippen LogP contribution is -2.46. The molecule has 1 unspecified atom stereocenters. The van der Waals surface area contributed by atoms with Gasteiger partial charge in [-0.2, -0.15) is 0 Å². The van der Waals surface area contributed by atoms with Crippen LogP contribution in [-0.4, -0.2) is 71.5 Å². The van der Waals surface area contributed by atoms with E-state index in [2.05, 4.69) is 57.8 Å². The number of hydrogen-bond donors (Lipinski definition) is 2. The third kappa shape index (κ3) is 6.61. The summed E-state index contributed by atoms with van der Waals surface area (Å²) in [7, 11) is 5.11. The molecular weight excluding hydrogens is 404 g/mol. The quantitative estimate of drug-likeness (QED) is 0.462. The van der Waals surface area contributed by atoms with Crippen LogP contribution in [-0.2, 0) is 11.2 Å². The van der Waals surface area contributed by atoms with Gasteiger partial charge in [0.25, 0.3) is 0 Å². The lowest BCUT2D eigenvalue weighted by atomic mass is 10.0. The van der Waals surface area contributed by atoms with E-state index in [4.69, 9.17) is 14.2 Å². The zero-order valence-corrected chi connectivity index (χ0v) is 19.7. The molecule has 0 radical (unpaired) electrons. The van der Waals surface area contributed by atoms with Crippen LogP contribution in [0.15, 0.2) is 47.5 Å². The summed E-state index contributed by atoms with van der Waals surface area (Å²) in [6.07, 6.45) is 0.853. The van der Waals surface area contributed by atoms with Crippen molar-refractivity contribution >= 4 is 5.96 Å². The van der Waals surface area contributed by atoms with Crippen molar-refractivity contribution in [1.29, 1.82) is 0 Å². The average molecular weight is 441 g/mol. The lowest BCUT2D eigenvalue weighted by molar-refractivity contribution is 0.0170. The summed E-state index contributed by atoms with van der Waals surface area (Å²) >= 11 is 0. The molecule has 3 rings (SSSR count). The highest BCUT2D eigenvalue weighted by Gasteiger charge is 2.22. The molecule has 1 heterocycles. The number of benzene rings is 2. The monoisotopic (exact) mass is 440 g/mol. The molecule has 0 spiro atoms. The van der Waals surface area contributed by atoms with E-state index in [9.17, 15) is 0 Å². The highest BCUT2D eigenvalue weighted by Crippen LogP contribution is 2.27. The van der Waals surface area contributed by atoms with Gasteiger partial charge in [-0.25, -0.2) is 0 Å². The topological polar surface area (TPSA) is 67.4 Å². The first kappa shape index (κ1) is 23.9. The van der Waals surface area contributed by atoms with Crippen LogP contribution in [0.5, 0.6) is 11.5 Å². The maximum absolute atomic E-state index is 5.56. The van der Waals surface area contributed by atoms with E-state index < -0.39 is 0 Å². The van der Waals surface area contributed by atoms with E-state index in [1.807, 2.05) is 12.1 Å². The first-order valence-corrected chi connectivity index (χ1v) is 11.2. The van der Waals surface area contributed by atoms with Crippen LogP contribution in [0.1, 0.15) is 22.7 Å². The molecule has 1 aliphatic heterocycles. The Morgan fingerprint density at radius 1 is 1.03 bits per heavy atom. The number of nitrogens with zero attached hydrogens (tertiary/aromatic N) is 2. The number of aliphatic imine (C=N–C) groups is 1. The molecule has 1 aliphatic rings. The number of rotatable bonds is 9.